The molecule has 7 nitrogen and oxygen atoms in total. The van der Waals surface area contributed by atoms with Crippen LogP contribution in [-0.4, -0.2) is 57.8 Å². The van der Waals surface area contributed by atoms with E-state index in [-0.39, 0.29) is 18.6 Å². The van der Waals surface area contributed by atoms with Crippen LogP contribution in [0.25, 0.3) is 0 Å². The van der Waals surface area contributed by atoms with Crippen LogP contribution >= 0.6 is 0 Å². The van der Waals surface area contributed by atoms with Crippen LogP contribution < -0.4 is 0 Å². The molecule has 25 heavy (non-hydrogen) atoms. The topological polar surface area (TPSA) is 63.7 Å². The Morgan fingerprint density at radius 1 is 1.28 bits per heavy atom. The Bertz CT molecular complexity index is 691. The molecule has 2 aliphatic heterocycles. The first-order valence-electron chi connectivity index (χ1n) is 8.93. The minimum Gasteiger partial charge on any atom is -0.468 e. The number of amides is 1. The average Bonchev–Trinajstić information content (AvgIpc) is 3.35. The van der Waals surface area contributed by atoms with Gasteiger partial charge in [-0.05, 0) is 31.0 Å². The zero-order valence-corrected chi connectivity index (χ0v) is 14.3. The maximum absolute atomic E-state index is 12.3. The van der Waals surface area contributed by atoms with Gasteiger partial charge in [0.1, 0.15) is 12.4 Å². The molecule has 7 heteroatoms. The van der Waals surface area contributed by atoms with E-state index >= 15 is 0 Å². The van der Waals surface area contributed by atoms with Crippen molar-refractivity contribution in [2.24, 2.45) is 0 Å². The second kappa shape index (κ2) is 7.41. The van der Waals surface area contributed by atoms with Crippen molar-refractivity contribution in [1.29, 1.82) is 0 Å². The van der Waals surface area contributed by atoms with E-state index in [4.69, 9.17) is 9.15 Å². The third kappa shape index (κ3) is 3.93. The van der Waals surface area contributed by atoms with Gasteiger partial charge in [0.2, 0.25) is 5.91 Å². The quantitative estimate of drug-likeness (QED) is 0.822. The maximum Gasteiger partial charge on any atom is 0.248 e. The van der Waals surface area contributed by atoms with E-state index in [0.29, 0.717) is 6.54 Å². The summed E-state index contributed by atoms with van der Waals surface area (Å²) in [6.45, 7) is 4.80. The number of rotatable bonds is 5. The highest BCUT2D eigenvalue weighted by Crippen LogP contribution is 2.17. The van der Waals surface area contributed by atoms with Gasteiger partial charge in [0, 0.05) is 32.4 Å². The highest BCUT2D eigenvalue weighted by Gasteiger charge is 2.25. The van der Waals surface area contributed by atoms with Crippen LogP contribution in [0.5, 0.6) is 0 Å². The molecule has 0 N–H and O–H groups in total. The van der Waals surface area contributed by atoms with Crippen LogP contribution in [-0.2, 0) is 29.2 Å². The number of furan rings is 1. The SMILES string of the molecule is O=C(COC1CN(Cc2ccco2)Cc2ccnn2C1)N1CCCC1. The summed E-state index contributed by atoms with van der Waals surface area (Å²) in [6, 6.07) is 5.92. The fourth-order valence-corrected chi connectivity index (χ4v) is 3.59. The molecule has 2 aromatic heterocycles. The molecule has 2 aromatic rings. The molecule has 0 bridgehead atoms. The summed E-state index contributed by atoms with van der Waals surface area (Å²) in [5.74, 6) is 1.03. The number of aromatic nitrogens is 2. The van der Waals surface area contributed by atoms with Gasteiger partial charge in [-0.25, -0.2) is 0 Å². The van der Waals surface area contributed by atoms with Crippen LogP contribution in [0.3, 0.4) is 0 Å². The van der Waals surface area contributed by atoms with Gasteiger partial charge in [-0.3, -0.25) is 14.4 Å². The summed E-state index contributed by atoms with van der Waals surface area (Å²) in [5.41, 5.74) is 1.16. The Kier molecular flexibility index (Phi) is 4.85. The number of ether oxygens (including phenoxy) is 1. The van der Waals surface area contributed by atoms with Gasteiger partial charge in [-0.2, -0.15) is 5.10 Å². The Balaban J connectivity index is 1.40. The van der Waals surface area contributed by atoms with Crippen LogP contribution in [0.15, 0.2) is 35.1 Å². The van der Waals surface area contributed by atoms with Crippen molar-refractivity contribution in [1.82, 2.24) is 19.6 Å². The first-order chi connectivity index (χ1) is 12.3. The van der Waals surface area contributed by atoms with Crippen LogP contribution in [0.4, 0.5) is 0 Å². The van der Waals surface area contributed by atoms with E-state index in [1.807, 2.05) is 34.0 Å². The first kappa shape index (κ1) is 16.4. The number of hydrogen-bond acceptors (Lipinski definition) is 5. The predicted octanol–water partition coefficient (Wildman–Crippen LogP) is 1.50. The highest BCUT2D eigenvalue weighted by atomic mass is 16.5. The molecule has 1 amide bonds. The van der Waals surface area contributed by atoms with E-state index in [2.05, 4.69) is 10.00 Å². The van der Waals surface area contributed by atoms with Crippen molar-refractivity contribution in [3.63, 3.8) is 0 Å². The van der Waals surface area contributed by atoms with E-state index in [9.17, 15) is 4.79 Å². The third-order valence-corrected chi connectivity index (χ3v) is 4.89. The lowest BCUT2D eigenvalue weighted by Crippen LogP contribution is -2.37. The van der Waals surface area contributed by atoms with Crippen molar-refractivity contribution < 1.29 is 13.9 Å². The zero-order valence-electron chi connectivity index (χ0n) is 14.3. The first-order valence-corrected chi connectivity index (χ1v) is 8.93. The molecule has 0 saturated carbocycles. The molecule has 4 rings (SSSR count). The fourth-order valence-electron chi connectivity index (χ4n) is 3.59. The molecular formula is C18H24N4O3. The summed E-state index contributed by atoms with van der Waals surface area (Å²) in [5, 5.41) is 4.39. The lowest BCUT2D eigenvalue weighted by molar-refractivity contribution is -0.137. The smallest absolute Gasteiger partial charge is 0.248 e. The molecular weight excluding hydrogens is 320 g/mol. The summed E-state index contributed by atoms with van der Waals surface area (Å²) >= 11 is 0. The second-order valence-corrected chi connectivity index (χ2v) is 6.77. The Morgan fingerprint density at radius 2 is 2.16 bits per heavy atom. The summed E-state index contributed by atoms with van der Waals surface area (Å²) in [6.07, 6.45) is 5.65. The second-order valence-electron chi connectivity index (χ2n) is 6.77. The molecule has 1 unspecified atom stereocenters. The standard InChI is InChI=1S/C18H24N4O3/c23-18(21-7-1-2-8-21)14-25-17-12-20(11-16-4-3-9-24-16)10-15-5-6-19-22(15)13-17/h3-6,9,17H,1-2,7-8,10-14H2. The lowest BCUT2D eigenvalue weighted by atomic mass is 10.3. The molecule has 2 aliphatic rings. The number of nitrogens with zero attached hydrogens (tertiary/aromatic N) is 4. The largest absolute Gasteiger partial charge is 0.468 e. The number of hydrogen-bond donors (Lipinski definition) is 0. The van der Waals surface area contributed by atoms with Crippen molar-refractivity contribution in [3.05, 3.63) is 42.1 Å². The molecule has 0 radical (unpaired) electrons. The molecule has 1 saturated heterocycles. The average molecular weight is 344 g/mol. The molecule has 0 spiro atoms. The third-order valence-electron chi connectivity index (χ3n) is 4.89. The van der Waals surface area contributed by atoms with Crippen molar-refractivity contribution in [2.45, 2.75) is 38.6 Å². The molecule has 0 aromatic carbocycles. The zero-order chi connectivity index (χ0) is 17.1. The van der Waals surface area contributed by atoms with Crippen LogP contribution in [0.2, 0.25) is 0 Å². The van der Waals surface area contributed by atoms with Gasteiger partial charge < -0.3 is 14.1 Å². The van der Waals surface area contributed by atoms with Crippen LogP contribution in [0, 0.1) is 0 Å². The van der Waals surface area contributed by atoms with Crippen LogP contribution in [0.1, 0.15) is 24.3 Å². The van der Waals surface area contributed by atoms with E-state index in [1.165, 1.54) is 0 Å². The van der Waals surface area contributed by atoms with E-state index < -0.39 is 0 Å². The van der Waals surface area contributed by atoms with Gasteiger partial charge in [0.05, 0.1) is 31.2 Å². The van der Waals surface area contributed by atoms with Gasteiger partial charge in [-0.1, -0.05) is 0 Å². The van der Waals surface area contributed by atoms with Gasteiger partial charge in [0.15, 0.2) is 0 Å². The molecule has 4 heterocycles. The fraction of sp³-hybridized carbons (Fsp3) is 0.556. The Hall–Kier alpha value is -2.12. The van der Waals surface area contributed by atoms with E-state index in [0.717, 1.165) is 57.0 Å². The lowest BCUT2D eigenvalue weighted by Gasteiger charge is -2.24. The van der Waals surface area contributed by atoms with Crippen molar-refractivity contribution >= 4 is 5.91 Å². The Morgan fingerprint density at radius 3 is 2.96 bits per heavy atom. The summed E-state index contributed by atoms with van der Waals surface area (Å²) in [4.78, 5) is 16.4. The van der Waals surface area contributed by atoms with E-state index in [1.54, 1.807) is 6.26 Å². The maximum atomic E-state index is 12.3. The van der Waals surface area contributed by atoms with Gasteiger partial charge >= 0.3 is 0 Å². The molecule has 1 atom stereocenters. The summed E-state index contributed by atoms with van der Waals surface area (Å²) in [7, 11) is 0. The number of likely N-dealkylation sites (tertiary alicyclic amines) is 1. The monoisotopic (exact) mass is 344 g/mol. The normalized spacial score (nSPS) is 21.3. The summed E-state index contributed by atoms with van der Waals surface area (Å²) < 4.78 is 13.4. The minimum atomic E-state index is -0.0670. The number of carbonyl (C=O) groups is 1. The predicted molar refractivity (Wildman–Crippen MR) is 90.6 cm³/mol. The van der Waals surface area contributed by atoms with Crippen molar-refractivity contribution in [3.8, 4) is 0 Å². The number of carbonyl (C=O) groups excluding carboxylic acids is 1. The minimum absolute atomic E-state index is 0.0670. The Labute approximate surface area is 147 Å². The highest BCUT2D eigenvalue weighted by molar-refractivity contribution is 5.77. The number of fused-ring (bicyclic) bond motifs is 1. The van der Waals surface area contributed by atoms with Crippen molar-refractivity contribution in [2.75, 3.05) is 26.2 Å². The molecule has 0 aliphatic carbocycles. The van der Waals surface area contributed by atoms with Gasteiger partial charge in [-0.15, -0.1) is 0 Å². The molecule has 1 fully saturated rings. The van der Waals surface area contributed by atoms with Gasteiger partial charge in [0.25, 0.3) is 0 Å². The molecule has 134 valence electrons.